The maximum Gasteiger partial charge on any atom is 0.258 e. The van der Waals surface area contributed by atoms with E-state index in [-0.39, 0.29) is 11.7 Å². The number of hydrogen-bond acceptors (Lipinski definition) is 1. The molecule has 2 aromatic carbocycles. The van der Waals surface area contributed by atoms with Crippen LogP contribution in [0.25, 0.3) is 0 Å². The van der Waals surface area contributed by atoms with Crippen LogP contribution in [0.2, 0.25) is 0 Å². The molecule has 2 aromatic rings. The Labute approximate surface area is 113 Å². The molecule has 0 N–H and O–H groups in total. The van der Waals surface area contributed by atoms with Gasteiger partial charge in [0.2, 0.25) is 0 Å². The van der Waals surface area contributed by atoms with Crippen molar-refractivity contribution < 1.29 is 9.18 Å². The second-order valence-electron chi connectivity index (χ2n) is 3.85. The Bertz CT molecular complexity index is 568. The molecule has 0 aromatic heterocycles. The lowest BCUT2D eigenvalue weighted by molar-refractivity contribution is 0.0993. The van der Waals surface area contributed by atoms with Gasteiger partial charge in [-0.25, -0.2) is 4.39 Å². The lowest BCUT2D eigenvalue weighted by Gasteiger charge is -2.17. The minimum atomic E-state index is -0.318. The van der Waals surface area contributed by atoms with Crippen molar-refractivity contribution in [2.45, 2.75) is 0 Å². The molecule has 1 amide bonds. The number of anilines is 1. The second-order valence-corrected chi connectivity index (χ2v) is 4.77. The molecule has 0 aliphatic heterocycles. The number of rotatable bonds is 2. The summed E-state index contributed by atoms with van der Waals surface area (Å²) in [5.74, 6) is -0.454. The summed E-state index contributed by atoms with van der Waals surface area (Å²) in [6.07, 6.45) is 0. The molecule has 18 heavy (non-hydrogen) atoms. The predicted octanol–water partition coefficient (Wildman–Crippen LogP) is 3.86. The first-order valence-electron chi connectivity index (χ1n) is 5.37. The summed E-state index contributed by atoms with van der Waals surface area (Å²) in [5.41, 5.74) is 1.23. The van der Waals surface area contributed by atoms with Crippen LogP contribution >= 0.6 is 15.9 Å². The van der Waals surface area contributed by atoms with Crippen molar-refractivity contribution in [3.05, 3.63) is 64.4 Å². The third kappa shape index (κ3) is 2.76. The molecule has 0 atom stereocenters. The highest BCUT2D eigenvalue weighted by molar-refractivity contribution is 9.10. The van der Waals surface area contributed by atoms with Crippen molar-refractivity contribution >= 4 is 27.5 Å². The maximum atomic E-state index is 12.8. The molecule has 0 spiro atoms. The number of hydrogen-bond donors (Lipinski definition) is 0. The molecule has 92 valence electrons. The van der Waals surface area contributed by atoms with E-state index in [2.05, 4.69) is 15.9 Å². The monoisotopic (exact) mass is 307 g/mol. The largest absolute Gasteiger partial charge is 0.311 e. The zero-order valence-electron chi connectivity index (χ0n) is 9.73. The number of carbonyl (C=O) groups is 1. The molecular formula is C14H11BrFNO. The molecular weight excluding hydrogens is 297 g/mol. The van der Waals surface area contributed by atoms with E-state index in [0.717, 1.165) is 4.47 Å². The minimum Gasteiger partial charge on any atom is -0.311 e. The fourth-order valence-corrected chi connectivity index (χ4v) is 2.00. The van der Waals surface area contributed by atoms with E-state index in [1.165, 1.54) is 17.0 Å². The first kappa shape index (κ1) is 12.8. The zero-order valence-corrected chi connectivity index (χ0v) is 11.3. The van der Waals surface area contributed by atoms with Crippen LogP contribution in [0.15, 0.2) is 53.0 Å². The summed E-state index contributed by atoms with van der Waals surface area (Å²) >= 11 is 3.33. The first-order valence-corrected chi connectivity index (χ1v) is 6.16. The molecule has 0 aliphatic rings. The molecule has 0 unspecified atom stereocenters. The highest BCUT2D eigenvalue weighted by Crippen LogP contribution is 2.18. The SMILES string of the molecule is CN(C(=O)c1cccc(Br)c1)c1ccc(F)cc1. The van der Waals surface area contributed by atoms with E-state index in [9.17, 15) is 9.18 Å². The van der Waals surface area contributed by atoms with Gasteiger partial charge in [0.1, 0.15) is 5.82 Å². The van der Waals surface area contributed by atoms with Crippen LogP contribution in [0.3, 0.4) is 0 Å². The van der Waals surface area contributed by atoms with Gasteiger partial charge in [0, 0.05) is 22.8 Å². The Hall–Kier alpha value is -1.68. The average Bonchev–Trinajstić information content (AvgIpc) is 2.38. The minimum absolute atomic E-state index is 0.136. The number of halogens is 2. The Morgan fingerprint density at radius 1 is 1.17 bits per heavy atom. The summed E-state index contributed by atoms with van der Waals surface area (Å²) in [5, 5.41) is 0. The van der Waals surface area contributed by atoms with Gasteiger partial charge in [0.15, 0.2) is 0 Å². The fourth-order valence-electron chi connectivity index (χ4n) is 1.60. The van der Waals surface area contributed by atoms with Gasteiger partial charge in [-0.15, -0.1) is 0 Å². The molecule has 0 aliphatic carbocycles. The lowest BCUT2D eigenvalue weighted by atomic mass is 10.2. The van der Waals surface area contributed by atoms with Crippen molar-refractivity contribution in [2.75, 3.05) is 11.9 Å². The normalized spacial score (nSPS) is 10.2. The first-order chi connectivity index (χ1) is 8.58. The van der Waals surface area contributed by atoms with E-state index in [1.54, 1.807) is 37.4 Å². The van der Waals surface area contributed by atoms with E-state index >= 15 is 0 Å². The van der Waals surface area contributed by atoms with Gasteiger partial charge in [-0.2, -0.15) is 0 Å². The summed E-state index contributed by atoms with van der Waals surface area (Å²) in [7, 11) is 1.66. The van der Waals surface area contributed by atoms with Crippen molar-refractivity contribution in [1.29, 1.82) is 0 Å². The van der Waals surface area contributed by atoms with Crippen LogP contribution in [-0.2, 0) is 0 Å². The van der Waals surface area contributed by atoms with Crippen molar-refractivity contribution in [3.8, 4) is 0 Å². The summed E-state index contributed by atoms with van der Waals surface area (Å²) < 4.78 is 13.7. The van der Waals surface area contributed by atoms with Crippen molar-refractivity contribution in [3.63, 3.8) is 0 Å². The van der Waals surface area contributed by atoms with Crippen LogP contribution in [0, 0.1) is 5.82 Å². The zero-order chi connectivity index (χ0) is 13.1. The molecule has 0 radical (unpaired) electrons. The lowest BCUT2D eigenvalue weighted by Crippen LogP contribution is -2.26. The number of carbonyl (C=O) groups excluding carboxylic acids is 1. The Kier molecular flexibility index (Phi) is 3.77. The number of amides is 1. The van der Waals surface area contributed by atoms with Gasteiger partial charge in [-0.05, 0) is 42.5 Å². The highest BCUT2D eigenvalue weighted by Gasteiger charge is 2.13. The molecule has 0 saturated heterocycles. The Morgan fingerprint density at radius 2 is 1.83 bits per heavy atom. The number of nitrogens with zero attached hydrogens (tertiary/aromatic N) is 1. The van der Waals surface area contributed by atoms with E-state index < -0.39 is 0 Å². The quantitative estimate of drug-likeness (QED) is 0.825. The van der Waals surface area contributed by atoms with Gasteiger partial charge < -0.3 is 4.90 Å². The summed E-state index contributed by atoms with van der Waals surface area (Å²) in [4.78, 5) is 13.7. The van der Waals surface area contributed by atoms with Gasteiger partial charge in [0.05, 0.1) is 0 Å². The van der Waals surface area contributed by atoms with Gasteiger partial charge in [-0.1, -0.05) is 22.0 Å². The molecule has 0 saturated carbocycles. The van der Waals surface area contributed by atoms with Crippen LogP contribution in [0.1, 0.15) is 10.4 Å². The molecule has 4 heteroatoms. The molecule has 2 rings (SSSR count). The molecule has 0 heterocycles. The van der Waals surface area contributed by atoms with E-state index in [0.29, 0.717) is 11.3 Å². The van der Waals surface area contributed by atoms with Crippen LogP contribution in [-0.4, -0.2) is 13.0 Å². The summed E-state index contributed by atoms with van der Waals surface area (Å²) in [6, 6.07) is 13.0. The fraction of sp³-hybridized carbons (Fsp3) is 0.0714. The smallest absolute Gasteiger partial charge is 0.258 e. The van der Waals surface area contributed by atoms with E-state index in [1.807, 2.05) is 6.07 Å². The third-order valence-corrected chi connectivity index (χ3v) is 3.08. The topological polar surface area (TPSA) is 20.3 Å². The van der Waals surface area contributed by atoms with Gasteiger partial charge in [-0.3, -0.25) is 4.79 Å². The van der Waals surface area contributed by atoms with Crippen LogP contribution in [0.5, 0.6) is 0 Å². The van der Waals surface area contributed by atoms with E-state index in [4.69, 9.17) is 0 Å². The predicted molar refractivity (Wildman–Crippen MR) is 73.3 cm³/mol. The van der Waals surface area contributed by atoms with Gasteiger partial charge >= 0.3 is 0 Å². The molecule has 0 fully saturated rings. The number of benzene rings is 2. The summed E-state index contributed by atoms with van der Waals surface area (Å²) in [6.45, 7) is 0. The average molecular weight is 308 g/mol. The standard InChI is InChI=1S/C14H11BrFNO/c1-17(13-7-5-12(16)6-8-13)14(18)10-3-2-4-11(15)9-10/h2-9H,1H3. The van der Waals surface area contributed by atoms with Crippen LogP contribution < -0.4 is 4.90 Å². The molecule has 0 bridgehead atoms. The maximum absolute atomic E-state index is 12.8. The second kappa shape index (κ2) is 5.31. The van der Waals surface area contributed by atoms with Gasteiger partial charge in [0.25, 0.3) is 5.91 Å². The van der Waals surface area contributed by atoms with Crippen molar-refractivity contribution in [2.24, 2.45) is 0 Å². The van der Waals surface area contributed by atoms with Crippen LogP contribution in [0.4, 0.5) is 10.1 Å². The molecule has 2 nitrogen and oxygen atoms in total. The Balaban J connectivity index is 2.26. The van der Waals surface area contributed by atoms with Crippen molar-refractivity contribution in [1.82, 2.24) is 0 Å². The highest BCUT2D eigenvalue weighted by atomic mass is 79.9. The third-order valence-electron chi connectivity index (χ3n) is 2.59. The Morgan fingerprint density at radius 3 is 2.44 bits per heavy atom.